The number of nitrogens with zero attached hydrogens (tertiary/aromatic N) is 1. The highest BCUT2D eigenvalue weighted by atomic mass is 16.6. The van der Waals surface area contributed by atoms with Crippen molar-refractivity contribution >= 4 is 11.9 Å². The average molecular weight is 343 g/mol. The fourth-order valence-corrected chi connectivity index (χ4v) is 2.16. The van der Waals surface area contributed by atoms with E-state index in [0.29, 0.717) is 17.1 Å². The summed E-state index contributed by atoms with van der Waals surface area (Å²) in [5.41, 5.74) is 0.604. The number of para-hydroxylation sites is 2. The molecule has 25 heavy (non-hydrogen) atoms. The zero-order valence-electron chi connectivity index (χ0n) is 14.5. The van der Waals surface area contributed by atoms with Crippen LogP contribution in [0.15, 0.2) is 54.6 Å². The maximum atomic E-state index is 12.3. The maximum Gasteiger partial charge on any atom is 0.345 e. The number of likely N-dealkylation sites (N-methyl/N-ethyl adjacent to an activating group) is 1. The lowest BCUT2D eigenvalue weighted by atomic mass is 10.1. The molecule has 0 aliphatic rings. The third-order valence-corrected chi connectivity index (χ3v) is 3.43. The summed E-state index contributed by atoms with van der Waals surface area (Å²) in [6, 6.07) is 15.8. The van der Waals surface area contributed by atoms with E-state index < -0.39 is 12.1 Å². The summed E-state index contributed by atoms with van der Waals surface area (Å²) in [6.45, 7) is -0.329. The number of ether oxygens (including phenoxy) is 3. The summed E-state index contributed by atoms with van der Waals surface area (Å²) in [5.74, 6) is -0.0248. The van der Waals surface area contributed by atoms with Gasteiger partial charge >= 0.3 is 5.97 Å². The van der Waals surface area contributed by atoms with E-state index in [1.807, 2.05) is 6.07 Å². The number of amides is 1. The van der Waals surface area contributed by atoms with Crippen LogP contribution in [0.25, 0.3) is 0 Å². The second kappa shape index (κ2) is 8.73. The number of hydrogen-bond acceptors (Lipinski definition) is 5. The number of carbonyl (C=O) groups excluding carboxylic acids is 2. The molecule has 132 valence electrons. The van der Waals surface area contributed by atoms with E-state index in [4.69, 9.17) is 14.2 Å². The molecule has 0 fully saturated rings. The molecule has 2 aromatic rings. The zero-order chi connectivity index (χ0) is 18.2. The van der Waals surface area contributed by atoms with E-state index in [0.717, 1.165) is 0 Å². The Labute approximate surface area is 146 Å². The van der Waals surface area contributed by atoms with Gasteiger partial charge in [-0.3, -0.25) is 4.79 Å². The number of benzene rings is 2. The van der Waals surface area contributed by atoms with Gasteiger partial charge in [-0.05, 0) is 12.1 Å². The normalized spacial score (nSPS) is 11.3. The molecule has 0 aliphatic heterocycles. The number of methoxy groups -OCH3 is 1. The molecule has 0 N–H and O–H groups in total. The van der Waals surface area contributed by atoms with Gasteiger partial charge in [0.1, 0.15) is 0 Å². The number of esters is 1. The lowest BCUT2D eigenvalue weighted by Crippen LogP contribution is -2.32. The van der Waals surface area contributed by atoms with Crippen LogP contribution in [0.3, 0.4) is 0 Å². The third kappa shape index (κ3) is 4.97. The van der Waals surface area contributed by atoms with Crippen molar-refractivity contribution < 1.29 is 23.8 Å². The van der Waals surface area contributed by atoms with Gasteiger partial charge in [0.15, 0.2) is 18.1 Å². The van der Waals surface area contributed by atoms with Crippen LogP contribution < -0.4 is 9.47 Å². The van der Waals surface area contributed by atoms with Crippen molar-refractivity contribution in [3.8, 4) is 11.5 Å². The van der Waals surface area contributed by atoms with Gasteiger partial charge < -0.3 is 19.1 Å². The summed E-state index contributed by atoms with van der Waals surface area (Å²) in [4.78, 5) is 25.9. The fourth-order valence-electron chi connectivity index (χ4n) is 2.16. The first-order valence-electron chi connectivity index (χ1n) is 7.74. The average Bonchev–Trinajstić information content (AvgIpc) is 2.64. The minimum Gasteiger partial charge on any atom is -0.493 e. The van der Waals surface area contributed by atoms with E-state index in [-0.39, 0.29) is 12.5 Å². The van der Waals surface area contributed by atoms with Crippen molar-refractivity contribution in [3.05, 3.63) is 60.2 Å². The molecule has 1 atom stereocenters. The van der Waals surface area contributed by atoms with E-state index in [9.17, 15) is 9.59 Å². The molecule has 2 rings (SSSR count). The number of carbonyl (C=O) groups is 2. The molecule has 6 heteroatoms. The molecule has 0 saturated heterocycles. The second-order valence-electron chi connectivity index (χ2n) is 5.45. The van der Waals surface area contributed by atoms with Gasteiger partial charge in [-0.1, -0.05) is 42.5 Å². The summed E-state index contributed by atoms with van der Waals surface area (Å²) in [5, 5.41) is 0. The van der Waals surface area contributed by atoms with Gasteiger partial charge in [-0.25, -0.2) is 4.79 Å². The first kappa shape index (κ1) is 18.3. The van der Waals surface area contributed by atoms with Crippen molar-refractivity contribution in [1.29, 1.82) is 0 Å². The van der Waals surface area contributed by atoms with Gasteiger partial charge in [0.05, 0.1) is 7.11 Å². The SMILES string of the molecule is COc1ccccc1OCC(=O)OC(C(=O)N(C)C)c1ccccc1. The summed E-state index contributed by atoms with van der Waals surface area (Å²) in [7, 11) is 4.73. The quantitative estimate of drug-likeness (QED) is 0.723. The summed E-state index contributed by atoms with van der Waals surface area (Å²) < 4.78 is 16.0. The predicted molar refractivity (Wildman–Crippen MR) is 92.5 cm³/mol. The van der Waals surface area contributed by atoms with Crippen molar-refractivity contribution in [2.24, 2.45) is 0 Å². The minimum absolute atomic E-state index is 0.322. The first-order valence-corrected chi connectivity index (χ1v) is 7.74. The Balaban J connectivity index is 2.06. The third-order valence-electron chi connectivity index (χ3n) is 3.43. The van der Waals surface area contributed by atoms with E-state index in [2.05, 4.69) is 0 Å². The van der Waals surface area contributed by atoms with Crippen LogP contribution in [0, 0.1) is 0 Å². The summed E-state index contributed by atoms with van der Waals surface area (Å²) >= 11 is 0. The fraction of sp³-hybridized carbons (Fsp3) is 0.263. The van der Waals surface area contributed by atoms with Crippen LogP contribution in [0.4, 0.5) is 0 Å². The second-order valence-corrected chi connectivity index (χ2v) is 5.45. The Kier molecular flexibility index (Phi) is 6.39. The predicted octanol–water partition coefficient (Wildman–Crippen LogP) is 2.45. The van der Waals surface area contributed by atoms with Gasteiger partial charge in [0, 0.05) is 19.7 Å². The lowest BCUT2D eigenvalue weighted by Gasteiger charge is -2.21. The Bertz CT molecular complexity index is 715. The van der Waals surface area contributed by atoms with Crippen molar-refractivity contribution in [2.45, 2.75) is 6.10 Å². The van der Waals surface area contributed by atoms with Crippen molar-refractivity contribution in [1.82, 2.24) is 4.90 Å². The molecular weight excluding hydrogens is 322 g/mol. The van der Waals surface area contributed by atoms with E-state index in [1.54, 1.807) is 62.6 Å². The van der Waals surface area contributed by atoms with Gasteiger partial charge in [0.25, 0.3) is 5.91 Å². The van der Waals surface area contributed by atoms with Gasteiger partial charge in [0.2, 0.25) is 6.10 Å². The molecule has 1 unspecified atom stereocenters. The molecule has 1 amide bonds. The first-order chi connectivity index (χ1) is 12.0. The van der Waals surface area contributed by atoms with Crippen LogP contribution in [-0.4, -0.2) is 44.6 Å². The van der Waals surface area contributed by atoms with Crippen molar-refractivity contribution in [2.75, 3.05) is 27.8 Å². The maximum absolute atomic E-state index is 12.3. The highest BCUT2D eigenvalue weighted by molar-refractivity contribution is 5.85. The Morgan fingerprint density at radius 3 is 2.16 bits per heavy atom. The molecule has 6 nitrogen and oxygen atoms in total. The highest BCUT2D eigenvalue weighted by Crippen LogP contribution is 2.26. The largest absolute Gasteiger partial charge is 0.493 e. The van der Waals surface area contributed by atoms with Gasteiger partial charge in [-0.2, -0.15) is 0 Å². The van der Waals surface area contributed by atoms with Crippen LogP contribution in [0.1, 0.15) is 11.7 Å². The lowest BCUT2D eigenvalue weighted by molar-refractivity contribution is -0.161. The van der Waals surface area contributed by atoms with Crippen LogP contribution in [0.5, 0.6) is 11.5 Å². The van der Waals surface area contributed by atoms with Crippen LogP contribution >= 0.6 is 0 Å². The zero-order valence-corrected chi connectivity index (χ0v) is 14.5. The number of rotatable bonds is 7. The topological polar surface area (TPSA) is 65.1 Å². The Morgan fingerprint density at radius 2 is 1.56 bits per heavy atom. The Morgan fingerprint density at radius 1 is 0.960 bits per heavy atom. The van der Waals surface area contributed by atoms with E-state index in [1.165, 1.54) is 12.0 Å². The molecule has 2 aromatic carbocycles. The molecular formula is C19H21NO5. The molecule has 0 aliphatic carbocycles. The van der Waals surface area contributed by atoms with E-state index >= 15 is 0 Å². The molecule has 0 radical (unpaired) electrons. The van der Waals surface area contributed by atoms with Crippen molar-refractivity contribution in [3.63, 3.8) is 0 Å². The molecule has 0 aromatic heterocycles. The monoisotopic (exact) mass is 343 g/mol. The molecule has 0 spiro atoms. The standard InChI is InChI=1S/C19H21NO5/c1-20(2)19(22)18(14-9-5-4-6-10-14)25-17(21)13-24-16-12-8-7-11-15(16)23-3/h4-12,18H,13H2,1-3H3. The molecule has 0 bridgehead atoms. The van der Waals surface area contributed by atoms with Crippen LogP contribution in [0.2, 0.25) is 0 Å². The summed E-state index contributed by atoms with van der Waals surface area (Å²) in [6.07, 6.45) is -1.01. The van der Waals surface area contributed by atoms with Crippen LogP contribution in [-0.2, 0) is 14.3 Å². The highest BCUT2D eigenvalue weighted by Gasteiger charge is 2.26. The van der Waals surface area contributed by atoms with Gasteiger partial charge in [-0.15, -0.1) is 0 Å². The molecule has 0 heterocycles. The minimum atomic E-state index is -1.01. The Hall–Kier alpha value is -3.02. The molecule has 0 saturated carbocycles. The number of hydrogen-bond donors (Lipinski definition) is 0. The smallest absolute Gasteiger partial charge is 0.345 e.